The van der Waals surface area contributed by atoms with Gasteiger partial charge in [-0.3, -0.25) is 9.56 Å². The van der Waals surface area contributed by atoms with Crippen molar-refractivity contribution in [2.24, 2.45) is 4.99 Å². The molecule has 0 atom stereocenters. The van der Waals surface area contributed by atoms with Crippen LogP contribution in [-0.2, 0) is 19.5 Å². The van der Waals surface area contributed by atoms with Crippen molar-refractivity contribution in [3.8, 4) is 10.8 Å². The first-order valence-corrected chi connectivity index (χ1v) is 12.3. The van der Waals surface area contributed by atoms with Gasteiger partial charge in [0.25, 0.3) is 0 Å². The van der Waals surface area contributed by atoms with Crippen molar-refractivity contribution in [1.29, 1.82) is 0 Å². The van der Waals surface area contributed by atoms with Gasteiger partial charge in [0.1, 0.15) is 17.3 Å². The minimum Gasteiger partial charge on any atom is -0.497 e. The molecule has 0 saturated carbocycles. The number of benzene rings is 2. The van der Waals surface area contributed by atoms with Crippen LogP contribution in [0.5, 0.6) is 5.75 Å². The van der Waals surface area contributed by atoms with Crippen molar-refractivity contribution in [2.75, 3.05) is 12.4 Å². The summed E-state index contributed by atoms with van der Waals surface area (Å²) < 4.78 is 7.15. The zero-order valence-electron chi connectivity index (χ0n) is 19.2. The number of aryl methyl sites for hydroxylation is 1. The summed E-state index contributed by atoms with van der Waals surface area (Å²) in [5, 5.41) is 16.1. The highest BCUT2D eigenvalue weighted by Crippen LogP contribution is 2.34. The number of ether oxygens (including phenoxy) is 1. The Morgan fingerprint density at radius 2 is 1.94 bits per heavy atom. The lowest BCUT2D eigenvalue weighted by atomic mass is 10.0. The summed E-state index contributed by atoms with van der Waals surface area (Å²) in [5.41, 5.74) is 3.37. The van der Waals surface area contributed by atoms with Crippen LogP contribution in [0.3, 0.4) is 0 Å². The number of carbonyl (C=O) groups is 1. The Morgan fingerprint density at radius 1 is 1.14 bits per heavy atom. The fourth-order valence-corrected chi connectivity index (χ4v) is 5.24. The molecular weight excluding hydrogens is 484 g/mol. The summed E-state index contributed by atoms with van der Waals surface area (Å²) in [6.45, 7) is 2.68. The number of hydrogen-bond donors (Lipinski definition) is 2. The van der Waals surface area contributed by atoms with Crippen molar-refractivity contribution in [3.05, 3.63) is 87.3 Å². The number of anilines is 1. The number of fused-ring (bicyclic) bond motifs is 3. The molecule has 0 unspecified atom stereocenters. The van der Waals surface area contributed by atoms with Crippen LogP contribution in [0.25, 0.3) is 5.00 Å². The Labute approximate surface area is 211 Å². The van der Waals surface area contributed by atoms with Gasteiger partial charge in [-0.05, 0) is 42.8 Å². The average Bonchev–Trinajstić information content (AvgIpc) is 3.45. The van der Waals surface area contributed by atoms with Gasteiger partial charge in [-0.1, -0.05) is 36.7 Å². The molecule has 35 heavy (non-hydrogen) atoms. The number of halogens is 1. The molecule has 178 valence electrons. The van der Waals surface area contributed by atoms with Crippen LogP contribution in [0.1, 0.15) is 34.6 Å². The van der Waals surface area contributed by atoms with E-state index in [-0.39, 0.29) is 12.6 Å². The maximum absolute atomic E-state index is 12.5. The second-order valence-electron chi connectivity index (χ2n) is 7.83. The van der Waals surface area contributed by atoms with E-state index in [1.807, 2.05) is 28.8 Å². The predicted octanol–water partition coefficient (Wildman–Crippen LogP) is 5.23. The van der Waals surface area contributed by atoms with Gasteiger partial charge in [0.05, 0.1) is 19.4 Å². The lowest BCUT2D eigenvalue weighted by molar-refractivity contribution is 0.251. The minimum atomic E-state index is -0.338. The topological polar surface area (TPSA) is 93.4 Å². The monoisotopic (exact) mass is 506 g/mol. The van der Waals surface area contributed by atoms with Gasteiger partial charge in [-0.2, -0.15) is 0 Å². The minimum absolute atomic E-state index is 0.204. The van der Waals surface area contributed by atoms with Gasteiger partial charge in [-0.25, -0.2) is 4.79 Å². The van der Waals surface area contributed by atoms with Crippen LogP contribution >= 0.6 is 22.9 Å². The third-order valence-electron chi connectivity index (χ3n) is 5.63. The Bertz CT molecular complexity index is 1410. The number of nitrogens with one attached hydrogen (secondary N) is 2. The van der Waals surface area contributed by atoms with E-state index < -0.39 is 0 Å². The van der Waals surface area contributed by atoms with Gasteiger partial charge in [-0.15, -0.1) is 21.5 Å². The van der Waals surface area contributed by atoms with E-state index in [2.05, 4.69) is 33.8 Å². The number of rotatable bonds is 6. The number of aromatic nitrogens is 3. The maximum Gasteiger partial charge on any atom is 0.319 e. The first-order valence-electron chi connectivity index (χ1n) is 11.1. The highest BCUT2D eigenvalue weighted by molar-refractivity contribution is 7.15. The van der Waals surface area contributed by atoms with E-state index in [9.17, 15) is 4.79 Å². The highest BCUT2D eigenvalue weighted by Gasteiger charge is 2.26. The van der Waals surface area contributed by atoms with Crippen LogP contribution < -0.4 is 15.4 Å². The molecule has 2 aromatic carbocycles. The molecule has 2 aromatic heterocycles. The third-order valence-corrected chi connectivity index (χ3v) is 7.22. The Hall–Kier alpha value is -3.69. The summed E-state index contributed by atoms with van der Waals surface area (Å²) >= 11 is 8.20. The van der Waals surface area contributed by atoms with Crippen molar-refractivity contribution in [3.63, 3.8) is 0 Å². The number of hydrogen-bond acceptors (Lipinski definition) is 6. The Morgan fingerprint density at radius 3 is 2.69 bits per heavy atom. The first-order chi connectivity index (χ1) is 17.1. The second-order valence-corrected chi connectivity index (χ2v) is 9.36. The van der Waals surface area contributed by atoms with Gasteiger partial charge in [0.15, 0.2) is 11.6 Å². The number of nitrogens with zero attached hydrogens (tertiary/aromatic N) is 4. The molecule has 1 aliphatic heterocycles. The summed E-state index contributed by atoms with van der Waals surface area (Å²) in [6.07, 6.45) is 0.892. The summed E-state index contributed by atoms with van der Waals surface area (Å²) in [4.78, 5) is 18.6. The molecule has 2 amide bonds. The van der Waals surface area contributed by atoms with Gasteiger partial charge in [0.2, 0.25) is 0 Å². The molecule has 0 spiro atoms. The highest BCUT2D eigenvalue weighted by atomic mass is 35.5. The third kappa shape index (κ3) is 4.65. The smallest absolute Gasteiger partial charge is 0.319 e. The van der Waals surface area contributed by atoms with Gasteiger partial charge in [0, 0.05) is 26.7 Å². The molecule has 2 N–H and O–H groups in total. The van der Waals surface area contributed by atoms with Gasteiger partial charge >= 0.3 is 6.03 Å². The fraction of sp³-hybridized carbons (Fsp3) is 0.200. The van der Waals surface area contributed by atoms with E-state index in [0.717, 1.165) is 34.0 Å². The van der Waals surface area contributed by atoms with Gasteiger partial charge < -0.3 is 15.4 Å². The quantitative estimate of drug-likeness (QED) is 0.374. The first kappa shape index (κ1) is 23.1. The lowest BCUT2D eigenvalue weighted by Gasteiger charge is -2.11. The van der Waals surface area contributed by atoms with E-state index >= 15 is 0 Å². The zero-order chi connectivity index (χ0) is 24.4. The molecule has 0 bridgehead atoms. The predicted molar refractivity (Wildman–Crippen MR) is 138 cm³/mol. The van der Waals surface area contributed by atoms with Crippen LogP contribution in [0, 0.1) is 0 Å². The van der Waals surface area contributed by atoms with E-state index in [1.54, 1.807) is 42.7 Å². The number of methoxy groups -OCH3 is 1. The average molecular weight is 507 g/mol. The second kappa shape index (κ2) is 9.89. The van der Waals surface area contributed by atoms with Crippen molar-refractivity contribution in [1.82, 2.24) is 20.1 Å². The Kier molecular flexibility index (Phi) is 6.52. The molecule has 0 radical (unpaired) electrons. The molecule has 8 nitrogen and oxygen atoms in total. The van der Waals surface area contributed by atoms with E-state index in [0.29, 0.717) is 28.9 Å². The summed E-state index contributed by atoms with van der Waals surface area (Å²) in [6, 6.07) is 16.7. The largest absolute Gasteiger partial charge is 0.497 e. The maximum atomic E-state index is 12.5. The van der Waals surface area contributed by atoms with Crippen molar-refractivity contribution in [2.45, 2.75) is 26.4 Å². The molecule has 0 fully saturated rings. The molecule has 0 saturated heterocycles. The molecule has 0 aliphatic carbocycles. The number of thiophene rings is 1. The zero-order valence-corrected chi connectivity index (χ0v) is 20.8. The summed E-state index contributed by atoms with van der Waals surface area (Å²) in [5.74, 6) is 2.06. The molecule has 10 heteroatoms. The van der Waals surface area contributed by atoms with Crippen molar-refractivity contribution < 1.29 is 9.53 Å². The number of aliphatic imine (C=N–C) groups is 1. The van der Waals surface area contributed by atoms with Crippen LogP contribution in [0.2, 0.25) is 5.02 Å². The van der Waals surface area contributed by atoms with Crippen LogP contribution in [0.4, 0.5) is 10.5 Å². The SMILES string of the molecule is CCc1cc2c(s1)-n1c(nnc1CNC(=O)Nc1ccc(OC)cc1)CN=C2c1ccccc1Cl. The lowest BCUT2D eigenvalue weighted by Crippen LogP contribution is -2.29. The fourth-order valence-electron chi connectivity index (χ4n) is 3.87. The van der Waals surface area contributed by atoms with E-state index in [1.165, 1.54) is 4.88 Å². The standard InChI is InChI=1S/C25H23ClN6O2S/c1-3-17-12-19-23(18-6-4-5-7-20(18)26)27-13-21-30-31-22(32(21)24(19)35-17)14-28-25(33)29-15-8-10-16(34-2)11-9-15/h4-12H,3,13-14H2,1-2H3,(H2,28,29,33). The normalized spacial score (nSPS) is 12.3. The number of amides is 2. The van der Waals surface area contributed by atoms with E-state index in [4.69, 9.17) is 21.3 Å². The summed E-state index contributed by atoms with van der Waals surface area (Å²) in [7, 11) is 1.60. The van der Waals surface area contributed by atoms with Crippen molar-refractivity contribution >= 4 is 40.4 Å². The molecule has 3 heterocycles. The Balaban J connectivity index is 1.41. The number of carbonyl (C=O) groups excluding carboxylic acids is 1. The molecule has 5 rings (SSSR count). The van der Waals surface area contributed by atoms with Crippen LogP contribution in [-0.4, -0.2) is 33.6 Å². The molecule has 1 aliphatic rings. The molecular formula is C25H23ClN6O2S. The molecule has 4 aromatic rings. The van der Waals surface area contributed by atoms with Crippen LogP contribution in [0.15, 0.2) is 59.6 Å². The number of urea groups is 1.